The first-order valence-electron chi connectivity index (χ1n) is 8.89. The second-order valence-corrected chi connectivity index (χ2v) is 7.49. The molecule has 2 fully saturated rings. The third kappa shape index (κ3) is 2.59. The van der Waals surface area contributed by atoms with Crippen molar-refractivity contribution in [3.8, 4) is 0 Å². The fraction of sp³-hybridized carbons (Fsp3) is 0.684. The third-order valence-electron chi connectivity index (χ3n) is 6.21. The molecule has 2 bridgehead atoms. The van der Waals surface area contributed by atoms with E-state index in [9.17, 15) is 0 Å². The SMILES string of the molecule is CC(NCc1cccc2c1NCCC2)C1CC2CCC1C2. The summed E-state index contributed by atoms with van der Waals surface area (Å²) in [6.07, 6.45) is 8.49. The van der Waals surface area contributed by atoms with Gasteiger partial charge in [0.2, 0.25) is 0 Å². The average molecular weight is 284 g/mol. The molecule has 1 aromatic rings. The van der Waals surface area contributed by atoms with Crippen LogP contribution in [0.25, 0.3) is 0 Å². The van der Waals surface area contributed by atoms with Crippen LogP contribution < -0.4 is 10.6 Å². The van der Waals surface area contributed by atoms with Gasteiger partial charge in [-0.25, -0.2) is 0 Å². The van der Waals surface area contributed by atoms with E-state index >= 15 is 0 Å². The van der Waals surface area contributed by atoms with E-state index in [4.69, 9.17) is 0 Å². The van der Waals surface area contributed by atoms with Crippen LogP contribution in [0.3, 0.4) is 0 Å². The first-order chi connectivity index (χ1) is 10.3. The van der Waals surface area contributed by atoms with Crippen LogP contribution in [0.5, 0.6) is 0 Å². The minimum Gasteiger partial charge on any atom is -0.385 e. The van der Waals surface area contributed by atoms with Crippen molar-refractivity contribution in [1.82, 2.24) is 5.32 Å². The Morgan fingerprint density at radius 3 is 3.05 bits per heavy atom. The summed E-state index contributed by atoms with van der Waals surface area (Å²) in [5, 5.41) is 7.45. The highest BCUT2D eigenvalue weighted by molar-refractivity contribution is 5.59. The quantitative estimate of drug-likeness (QED) is 0.874. The highest BCUT2D eigenvalue weighted by Crippen LogP contribution is 2.49. The van der Waals surface area contributed by atoms with E-state index in [1.54, 1.807) is 0 Å². The molecule has 2 heteroatoms. The minimum atomic E-state index is 0.666. The van der Waals surface area contributed by atoms with Gasteiger partial charge in [0.25, 0.3) is 0 Å². The Morgan fingerprint density at radius 1 is 1.29 bits per heavy atom. The van der Waals surface area contributed by atoms with E-state index in [-0.39, 0.29) is 0 Å². The van der Waals surface area contributed by atoms with Crippen LogP contribution in [0.2, 0.25) is 0 Å². The molecule has 1 aromatic carbocycles. The number of anilines is 1. The maximum atomic E-state index is 3.84. The van der Waals surface area contributed by atoms with Crippen molar-refractivity contribution in [3.63, 3.8) is 0 Å². The van der Waals surface area contributed by atoms with Crippen molar-refractivity contribution in [1.29, 1.82) is 0 Å². The predicted molar refractivity (Wildman–Crippen MR) is 88.5 cm³/mol. The van der Waals surface area contributed by atoms with Gasteiger partial charge in [-0.2, -0.15) is 0 Å². The Hall–Kier alpha value is -1.02. The summed E-state index contributed by atoms with van der Waals surface area (Å²) in [5.74, 6) is 2.99. The van der Waals surface area contributed by atoms with Gasteiger partial charge in [0.1, 0.15) is 0 Å². The first-order valence-corrected chi connectivity index (χ1v) is 8.89. The van der Waals surface area contributed by atoms with Crippen molar-refractivity contribution in [2.75, 3.05) is 11.9 Å². The van der Waals surface area contributed by atoms with Crippen LogP contribution in [-0.4, -0.2) is 12.6 Å². The molecule has 4 atom stereocenters. The zero-order valence-electron chi connectivity index (χ0n) is 13.2. The van der Waals surface area contributed by atoms with Gasteiger partial charge in [0.15, 0.2) is 0 Å². The number of para-hydroxylation sites is 1. The summed E-state index contributed by atoms with van der Waals surface area (Å²) in [5.41, 5.74) is 4.38. The fourth-order valence-corrected chi connectivity index (χ4v) is 5.06. The zero-order valence-corrected chi connectivity index (χ0v) is 13.2. The number of nitrogens with one attached hydrogen (secondary N) is 2. The Balaban J connectivity index is 1.40. The summed E-state index contributed by atoms with van der Waals surface area (Å²) >= 11 is 0. The summed E-state index contributed by atoms with van der Waals surface area (Å²) < 4.78 is 0. The normalized spacial score (nSPS) is 31.8. The minimum absolute atomic E-state index is 0.666. The van der Waals surface area contributed by atoms with Gasteiger partial charge in [0, 0.05) is 24.8 Å². The number of aryl methyl sites for hydroxylation is 1. The van der Waals surface area contributed by atoms with Crippen molar-refractivity contribution >= 4 is 5.69 Å². The molecule has 2 saturated carbocycles. The Bertz CT molecular complexity index is 510. The molecular weight excluding hydrogens is 256 g/mol. The summed E-state index contributed by atoms with van der Waals surface area (Å²) in [6.45, 7) is 4.56. The molecule has 0 radical (unpaired) electrons. The summed E-state index contributed by atoms with van der Waals surface area (Å²) in [4.78, 5) is 0. The topological polar surface area (TPSA) is 24.1 Å². The van der Waals surface area contributed by atoms with Crippen LogP contribution in [0.4, 0.5) is 5.69 Å². The standard InChI is InChI=1S/C19H28N2/c1-13(18-11-14-7-8-16(18)10-14)21-12-17-5-2-4-15-6-3-9-20-19(15)17/h2,4-5,13-14,16,18,20-21H,3,6-12H2,1H3. The molecule has 21 heavy (non-hydrogen) atoms. The van der Waals surface area contributed by atoms with Crippen molar-refractivity contribution in [2.24, 2.45) is 17.8 Å². The molecule has 0 aromatic heterocycles. The van der Waals surface area contributed by atoms with E-state index in [1.807, 2.05) is 0 Å². The van der Waals surface area contributed by atoms with Gasteiger partial charge in [0.05, 0.1) is 0 Å². The van der Waals surface area contributed by atoms with Gasteiger partial charge in [-0.05, 0) is 67.9 Å². The smallest absolute Gasteiger partial charge is 0.0418 e. The van der Waals surface area contributed by atoms with Gasteiger partial charge in [-0.1, -0.05) is 24.6 Å². The molecule has 3 aliphatic rings. The number of benzene rings is 1. The lowest BCUT2D eigenvalue weighted by Crippen LogP contribution is -2.36. The highest BCUT2D eigenvalue weighted by Gasteiger charge is 2.41. The largest absolute Gasteiger partial charge is 0.385 e. The maximum Gasteiger partial charge on any atom is 0.0418 e. The van der Waals surface area contributed by atoms with E-state index in [2.05, 4.69) is 35.8 Å². The molecule has 0 amide bonds. The molecule has 114 valence electrons. The summed E-state index contributed by atoms with van der Waals surface area (Å²) in [7, 11) is 0. The van der Waals surface area contributed by atoms with Gasteiger partial charge >= 0.3 is 0 Å². The van der Waals surface area contributed by atoms with Gasteiger partial charge < -0.3 is 10.6 Å². The predicted octanol–water partition coefficient (Wildman–Crippen LogP) is 3.96. The molecule has 4 unspecified atom stereocenters. The average Bonchev–Trinajstić information content (AvgIpc) is 3.15. The highest BCUT2D eigenvalue weighted by atomic mass is 14.9. The van der Waals surface area contributed by atoms with Gasteiger partial charge in [-0.15, -0.1) is 0 Å². The fourth-order valence-electron chi connectivity index (χ4n) is 5.06. The van der Waals surface area contributed by atoms with Crippen molar-refractivity contribution in [3.05, 3.63) is 29.3 Å². The summed E-state index contributed by atoms with van der Waals surface area (Å²) in [6, 6.07) is 7.47. The van der Waals surface area contributed by atoms with Crippen LogP contribution in [0.15, 0.2) is 18.2 Å². The number of hydrogen-bond donors (Lipinski definition) is 2. The molecule has 2 nitrogen and oxygen atoms in total. The molecule has 1 heterocycles. The lowest BCUT2D eigenvalue weighted by Gasteiger charge is -2.29. The van der Waals surface area contributed by atoms with E-state index in [1.165, 1.54) is 55.3 Å². The lowest BCUT2D eigenvalue weighted by atomic mass is 9.84. The molecule has 0 saturated heterocycles. The zero-order chi connectivity index (χ0) is 14.2. The van der Waals surface area contributed by atoms with Crippen molar-refractivity contribution < 1.29 is 0 Å². The number of hydrogen-bond acceptors (Lipinski definition) is 2. The second-order valence-electron chi connectivity index (χ2n) is 7.49. The molecule has 4 rings (SSSR count). The molecule has 2 N–H and O–H groups in total. The monoisotopic (exact) mass is 284 g/mol. The third-order valence-corrected chi connectivity index (χ3v) is 6.21. The first kappa shape index (κ1) is 13.6. The van der Waals surface area contributed by atoms with Crippen LogP contribution in [-0.2, 0) is 13.0 Å². The molecule has 0 spiro atoms. The Kier molecular flexibility index (Phi) is 3.66. The van der Waals surface area contributed by atoms with Crippen LogP contribution in [0, 0.1) is 17.8 Å². The molecular formula is C19H28N2. The second kappa shape index (κ2) is 5.64. The maximum absolute atomic E-state index is 3.84. The Morgan fingerprint density at radius 2 is 2.24 bits per heavy atom. The molecule has 1 aliphatic heterocycles. The van der Waals surface area contributed by atoms with Crippen LogP contribution >= 0.6 is 0 Å². The lowest BCUT2D eigenvalue weighted by molar-refractivity contribution is 0.259. The van der Waals surface area contributed by atoms with Crippen molar-refractivity contribution in [2.45, 2.75) is 58.0 Å². The van der Waals surface area contributed by atoms with Crippen LogP contribution in [0.1, 0.15) is 50.2 Å². The van der Waals surface area contributed by atoms with E-state index < -0.39 is 0 Å². The molecule has 2 aliphatic carbocycles. The van der Waals surface area contributed by atoms with Gasteiger partial charge in [-0.3, -0.25) is 0 Å². The number of fused-ring (bicyclic) bond motifs is 3. The van der Waals surface area contributed by atoms with E-state index in [0.29, 0.717) is 6.04 Å². The number of rotatable bonds is 4. The Labute approximate surface area is 128 Å². The van der Waals surface area contributed by atoms with E-state index in [0.717, 1.165) is 30.8 Å².